The number of benzene rings is 2. The van der Waals surface area contributed by atoms with Crippen LogP contribution >= 0.6 is 0 Å². The summed E-state index contributed by atoms with van der Waals surface area (Å²) in [6, 6.07) is 8.15. The van der Waals surface area contributed by atoms with Crippen molar-refractivity contribution in [1.82, 2.24) is 0 Å². The Labute approximate surface area is 276 Å². The Kier molecular flexibility index (Phi) is 13.4. The molecule has 2 aromatic rings. The van der Waals surface area contributed by atoms with Crippen LogP contribution in [0.3, 0.4) is 0 Å². The average molecular weight is 639 g/mol. The Morgan fingerprint density at radius 3 is 1.16 bits per heavy atom. The van der Waals surface area contributed by atoms with E-state index >= 15 is 0 Å². The van der Waals surface area contributed by atoms with E-state index in [4.69, 9.17) is 21.0 Å². The Hall–Kier alpha value is -2.78. The van der Waals surface area contributed by atoms with Crippen LogP contribution in [0.25, 0.3) is 16.0 Å². The maximum absolute atomic E-state index is 13.5. The molecule has 0 aliphatic heterocycles. The van der Waals surface area contributed by atoms with Crippen LogP contribution in [-0.2, 0) is 39.0 Å². The predicted octanol–water partition coefficient (Wildman–Crippen LogP) is 8.74. The van der Waals surface area contributed by atoms with E-state index in [-0.39, 0.29) is 62.6 Å². The Morgan fingerprint density at radius 2 is 0.909 bits per heavy atom. The van der Waals surface area contributed by atoms with Crippen molar-refractivity contribution in [2.45, 2.75) is 143 Å². The van der Waals surface area contributed by atoms with Crippen molar-refractivity contribution in [2.75, 3.05) is 0 Å². The zero-order chi connectivity index (χ0) is 33.0. The van der Waals surface area contributed by atoms with E-state index in [1.165, 1.54) is 4.91 Å². The molecule has 0 saturated heterocycles. The molecule has 0 amide bonds. The molecule has 0 bridgehead atoms. The summed E-state index contributed by atoms with van der Waals surface area (Å²) < 4.78 is 0. The molecule has 2 unspecified atom stereocenters. The van der Waals surface area contributed by atoms with Gasteiger partial charge in [-0.1, -0.05) is 132 Å². The fraction of sp³-hybridized carbons (Fsp3) is 0.611. The molecule has 0 aromatic heterocycles. The molecule has 239 valence electrons. The van der Waals surface area contributed by atoms with Gasteiger partial charge in [-0.25, -0.2) is 0 Å². The van der Waals surface area contributed by atoms with Gasteiger partial charge in [-0.15, -0.1) is 0 Å². The number of nitrogens with zero attached hydrogens (tertiary/aromatic N) is 5. The predicted molar refractivity (Wildman–Crippen MR) is 178 cm³/mol. The van der Waals surface area contributed by atoms with Crippen LogP contribution in [0, 0.1) is 0 Å². The largest absolute Gasteiger partial charge is 3.00 e. The summed E-state index contributed by atoms with van der Waals surface area (Å²) in [5.74, 6) is 0.120. The van der Waals surface area contributed by atoms with Gasteiger partial charge in [-0.05, 0) is 67.9 Å². The second-order valence-corrected chi connectivity index (χ2v) is 15.9. The van der Waals surface area contributed by atoms with Gasteiger partial charge in [0.05, 0.1) is 12.1 Å². The van der Waals surface area contributed by atoms with E-state index in [0.29, 0.717) is 11.1 Å². The number of rotatable bonds is 4. The van der Waals surface area contributed by atoms with Crippen molar-refractivity contribution in [1.29, 1.82) is 0 Å². The van der Waals surface area contributed by atoms with Crippen molar-refractivity contribution >= 4 is 12.4 Å². The molecule has 3 rings (SSSR count). The summed E-state index contributed by atoms with van der Waals surface area (Å²) in [4.78, 5) is 11.4. The van der Waals surface area contributed by atoms with Gasteiger partial charge in [-0.3, -0.25) is 14.9 Å². The van der Waals surface area contributed by atoms with Crippen LogP contribution in [-0.4, -0.2) is 24.5 Å². The van der Waals surface area contributed by atoms with Gasteiger partial charge < -0.3 is 21.3 Å². The molecule has 0 spiro atoms. The van der Waals surface area contributed by atoms with E-state index in [9.17, 15) is 10.2 Å². The minimum Gasteiger partial charge on any atom is -0.872 e. The first kappa shape index (κ1) is 39.2. The van der Waals surface area contributed by atoms with Gasteiger partial charge >= 0.3 is 17.4 Å². The second-order valence-electron chi connectivity index (χ2n) is 15.9. The van der Waals surface area contributed by atoms with Crippen molar-refractivity contribution in [3.8, 4) is 11.5 Å². The van der Waals surface area contributed by atoms with E-state index in [1.807, 2.05) is 12.1 Å². The zero-order valence-corrected chi connectivity index (χ0v) is 30.2. The zero-order valence-electron chi connectivity index (χ0n) is 28.9. The molecule has 8 heteroatoms. The van der Waals surface area contributed by atoms with E-state index in [0.717, 1.165) is 47.9 Å². The molecule has 2 atom stereocenters. The maximum Gasteiger partial charge on any atom is 3.00 e. The summed E-state index contributed by atoms with van der Waals surface area (Å²) in [5, 5.41) is 26.9. The van der Waals surface area contributed by atoms with Crippen LogP contribution in [0.4, 0.5) is 0 Å². The molecular weight excluding hydrogens is 586 g/mol. The van der Waals surface area contributed by atoms with Gasteiger partial charge in [-0.2, -0.15) is 0 Å². The summed E-state index contributed by atoms with van der Waals surface area (Å²) >= 11 is 0. The monoisotopic (exact) mass is 638 g/mol. The Bertz CT molecular complexity index is 1260. The van der Waals surface area contributed by atoms with Gasteiger partial charge in [0.2, 0.25) is 0 Å². The summed E-state index contributed by atoms with van der Waals surface area (Å²) in [6.07, 6.45) is 7.63. The molecule has 1 aliphatic rings. The quantitative estimate of drug-likeness (QED) is 0.144. The molecule has 1 saturated carbocycles. The van der Waals surface area contributed by atoms with E-state index in [1.54, 1.807) is 12.4 Å². The standard InChI is InChI=1S/C36H54N2O2.Cr.N3/c1-33(2,3)25-17-23(31(39)27(19-25)35(7,8)9)21-37-29-15-13-14-16-30(29)38-22-24-18-26(34(4,5)6)20-28(32(24)40)36(10,11)12;;1-3-2/h17-22,29-30,39-40H,13-16H2,1-12H3;;/q;+3;-1/p-2. The molecule has 0 N–H and O–H groups in total. The molecule has 1 fully saturated rings. The third-order valence-electron chi connectivity index (χ3n) is 8.09. The van der Waals surface area contributed by atoms with Crippen LogP contribution in [0.1, 0.15) is 142 Å². The first-order valence-electron chi connectivity index (χ1n) is 15.4. The molecular formula is C36H52CrN5O2. The summed E-state index contributed by atoms with van der Waals surface area (Å²) in [6.45, 7) is 25.6. The van der Waals surface area contributed by atoms with E-state index < -0.39 is 0 Å². The SMILES string of the molecule is CC(C)(C)c1cc(C=NC2CCCCC2N=Cc2cc(C(C)(C)C)cc(C(C)(C)C)c2[O-])c([O-])c(C(C)(C)C)c1.[Cr+3].[N-]=[N+]=[N-]. The third-order valence-corrected chi connectivity index (χ3v) is 8.09. The molecule has 0 heterocycles. The number of aliphatic imine (C=N–C) groups is 2. The Morgan fingerprint density at radius 1 is 0.614 bits per heavy atom. The maximum atomic E-state index is 13.5. The van der Waals surface area contributed by atoms with Crippen LogP contribution in [0.5, 0.6) is 11.5 Å². The van der Waals surface area contributed by atoms with Crippen molar-refractivity contribution < 1.29 is 27.6 Å². The van der Waals surface area contributed by atoms with Crippen molar-refractivity contribution in [2.24, 2.45) is 9.98 Å². The third kappa shape index (κ3) is 10.4. The van der Waals surface area contributed by atoms with Gasteiger partial charge in [0.15, 0.2) is 0 Å². The topological polar surface area (TPSA) is 130 Å². The minimum absolute atomic E-state index is 0. The smallest absolute Gasteiger partial charge is 0.872 e. The molecule has 7 nitrogen and oxygen atoms in total. The summed E-state index contributed by atoms with van der Waals surface area (Å²) in [5.41, 5.74) is 18.1. The van der Waals surface area contributed by atoms with Gasteiger partial charge in [0, 0.05) is 12.4 Å². The Balaban J connectivity index is 0.00000232. The normalized spacial score (nSPS) is 18.0. The van der Waals surface area contributed by atoms with Crippen molar-refractivity contribution in [3.63, 3.8) is 0 Å². The first-order chi connectivity index (χ1) is 19.6. The van der Waals surface area contributed by atoms with Gasteiger partial charge in [0.1, 0.15) is 0 Å². The number of hydrogen-bond acceptors (Lipinski definition) is 4. The van der Waals surface area contributed by atoms with Crippen molar-refractivity contribution in [3.05, 3.63) is 73.6 Å². The summed E-state index contributed by atoms with van der Waals surface area (Å²) in [7, 11) is 0. The van der Waals surface area contributed by atoms with Crippen LogP contribution in [0.15, 0.2) is 34.3 Å². The molecule has 2 aromatic carbocycles. The molecule has 44 heavy (non-hydrogen) atoms. The van der Waals surface area contributed by atoms with Crippen LogP contribution in [0.2, 0.25) is 0 Å². The number of hydrogen-bond donors (Lipinski definition) is 0. The fourth-order valence-corrected chi connectivity index (χ4v) is 5.27. The van der Waals surface area contributed by atoms with E-state index in [2.05, 4.69) is 95.2 Å². The minimum atomic E-state index is -0.248. The second kappa shape index (κ2) is 15.0. The first-order valence-corrected chi connectivity index (χ1v) is 15.4. The van der Waals surface area contributed by atoms with Gasteiger partial charge in [0.25, 0.3) is 0 Å². The molecule has 1 radical (unpaired) electrons. The molecule has 1 aliphatic carbocycles. The average Bonchev–Trinajstić information content (AvgIpc) is 2.85. The van der Waals surface area contributed by atoms with Crippen LogP contribution < -0.4 is 10.2 Å². The fourth-order valence-electron chi connectivity index (χ4n) is 5.27.